The van der Waals surface area contributed by atoms with Gasteiger partial charge in [0.15, 0.2) is 9.84 Å². The predicted molar refractivity (Wildman–Crippen MR) is 123 cm³/mol. The first-order chi connectivity index (χ1) is 15.3. The van der Waals surface area contributed by atoms with Gasteiger partial charge in [-0.05, 0) is 79.3 Å². The molecule has 2 bridgehead atoms. The topological polar surface area (TPSA) is 63.6 Å². The molecule has 6 atom stereocenters. The van der Waals surface area contributed by atoms with Crippen LogP contribution in [0, 0.1) is 16.7 Å². The minimum Gasteiger partial charge on any atom is -0.497 e. The first-order valence-corrected chi connectivity index (χ1v) is 13.2. The third kappa shape index (κ3) is 2.29. The summed E-state index contributed by atoms with van der Waals surface area (Å²) in [7, 11) is -1.90. The van der Waals surface area contributed by atoms with E-state index in [0.717, 1.165) is 31.4 Å². The summed E-state index contributed by atoms with van der Waals surface area (Å²) < 4.78 is 33.5. The third-order valence-corrected chi connectivity index (χ3v) is 11.8. The summed E-state index contributed by atoms with van der Waals surface area (Å²) in [6.07, 6.45) is 7.99. The zero-order valence-corrected chi connectivity index (χ0v) is 19.4. The maximum Gasteiger partial charge on any atom is 0.182 e. The van der Waals surface area contributed by atoms with E-state index in [1.165, 1.54) is 11.1 Å². The van der Waals surface area contributed by atoms with Crippen LogP contribution in [0.2, 0.25) is 0 Å². The standard InChI is InChI=1S/C27H30O4S/c1-25-13-12-22-21-10-9-19(31-2)16-18(21)8-11-23(22)27(25)15-14-26(25,28)17-24(27)32(29,30)20-6-4-3-5-7-20/h3-7,9-10,14-16,22-24,28H,8,11-13,17H2,1-2H3/t22-,23+,24+,25-,26+,27-/m1/s1. The average Bonchev–Trinajstić information content (AvgIpc) is 3.18. The molecule has 0 saturated heterocycles. The van der Waals surface area contributed by atoms with E-state index >= 15 is 0 Å². The Morgan fingerprint density at radius 3 is 2.59 bits per heavy atom. The normalized spacial score (nSPS) is 39.3. The van der Waals surface area contributed by atoms with Gasteiger partial charge in [0.2, 0.25) is 0 Å². The second kappa shape index (κ2) is 6.48. The van der Waals surface area contributed by atoms with Crippen molar-refractivity contribution in [2.75, 3.05) is 7.11 Å². The fourth-order valence-corrected chi connectivity index (χ4v) is 10.3. The summed E-state index contributed by atoms with van der Waals surface area (Å²) in [6, 6.07) is 15.2. The fraction of sp³-hybridized carbons (Fsp3) is 0.481. The monoisotopic (exact) mass is 450 g/mol. The highest BCUT2D eigenvalue weighted by molar-refractivity contribution is 7.92. The van der Waals surface area contributed by atoms with Crippen molar-refractivity contribution in [3.05, 3.63) is 71.8 Å². The zero-order chi connectivity index (χ0) is 22.4. The van der Waals surface area contributed by atoms with Gasteiger partial charge < -0.3 is 9.84 Å². The van der Waals surface area contributed by atoms with Gasteiger partial charge in [0.05, 0.1) is 22.9 Å². The molecule has 4 aliphatic carbocycles. The number of fused-ring (bicyclic) bond motifs is 3. The second-order valence-corrected chi connectivity index (χ2v) is 12.6. The lowest BCUT2D eigenvalue weighted by Crippen LogP contribution is -2.56. The summed E-state index contributed by atoms with van der Waals surface area (Å²) in [5.41, 5.74) is 0.576. The van der Waals surface area contributed by atoms with E-state index in [9.17, 15) is 13.5 Å². The lowest BCUT2D eigenvalue weighted by molar-refractivity contribution is -0.0865. The third-order valence-electron chi connectivity index (χ3n) is 9.55. The molecule has 4 nitrogen and oxygen atoms in total. The average molecular weight is 451 g/mol. The van der Waals surface area contributed by atoms with Crippen LogP contribution in [0.15, 0.2) is 65.6 Å². The van der Waals surface area contributed by atoms with Crippen LogP contribution in [0.4, 0.5) is 0 Å². The maximum atomic E-state index is 14.0. The van der Waals surface area contributed by atoms with Crippen LogP contribution in [-0.2, 0) is 16.3 Å². The highest BCUT2D eigenvalue weighted by atomic mass is 32.2. The Bertz CT molecular complexity index is 1220. The molecular formula is C27H30O4S. The molecule has 168 valence electrons. The minimum atomic E-state index is -3.60. The Kier molecular flexibility index (Phi) is 4.15. The Balaban J connectivity index is 1.51. The van der Waals surface area contributed by atoms with Gasteiger partial charge in [0, 0.05) is 10.8 Å². The molecule has 0 heterocycles. The number of ether oxygens (including phenoxy) is 1. The van der Waals surface area contributed by atoms with Gasteiger partial charge in [-0.2, -0.15) is 0 Å². The number of aliphatic hydroxyl groups is 1. The molecule has 0 amide bonds. The molecule has 2 aromatic rings. The van der Waals surface area contributed by atoms with Crippen molar-refractivity contribution in [3.8, 4) is 5.75 Å². The molecule has 2 aromatic carbocycles. The van der Waals surface area contributed by atoms with E-state index < -0.39 is 31.5 Å². The van der Waals surface area contributed by atoms with E-state index in [4.69, 9.17) is 4.74 Å². The lowest BCUT2D eigenvalue weighted by atomic mass is 9.48. The van der Waals surface area contributed by atoms with Crippen molar-refractivity contribution >= 4 is 9.84 Å². The fourth-order valence-electron chi connectivity index (χ4n) is 7.96. The van der Waals surface area contributed by atoms with Crippen molar-refractivity contribution < 1.29 is 18.3 Å². The predicted octanol–water partition coefficient (Wildman–Crippen LogP) is 4.67. The molecule has 32 heavy (non-hydrogen) atoms. The molecule has 0 aliphatic heterocycles. The number of allylic oxidation sites excluding steroid dienone is 1. The summed E-state index contributed by atoms with van der Waals surface area (Å²) >= 11 is 0. The highest BCUT2D eigenvalue weighted by Crippen LogP contribution is 2.76. The van der Waals surface area contributed by atoms with Crippen LogP contribution < -0.4 is 4.74 Å². The van der Waals surface area contributed by atoms with Gasteiger partial charge in [0.1, 0.15) is 5.75 Å². The molecule has 5 heteroatoms. The first kappa shape index (κ1) is 20.5. The van der Waals surface area contributed by atoms with Gasteiger partial charge in [-0.3, -0.25) is 0 Å². The Labute approximate surface area is 190 Å². The smallest absolute Gasteiger partial charge is 0.182 e. The molecule has 0 unspecified atom stereocenters. The number of hydrogen-bond acceptors (Lipinski definition) is 4. The molecule has 2 saturated carbocycles. The minimum absolute atomic E-state index is 0.193. The van der Waals surface area contributed by atoms with E-state index in [-0.39, 0.29) is 12.3 Å². The Morgan fingerprint density at radius 2 is 1.84 bits per heavy atom. The van der Waals surface area contributed by atoms with Crippen LogP contribution in [-0.4, -0.2) is 31.5 Å². The van der Waals surface area contributed by atoms with Crippen LogP contribution in [0.25, 0.3) is 0 Å². The molecule has 6 rings (SSSR count). The number of benzene rings is 2. The largest absolute Gasteiger partial charge is 0.497 e. The summed E-state index contributed by atoms with van der Waals surface area (Å²) in [6.45, 7) is 2.15. The van der Waals surface area contributed by atoms with Gasteiger partial charge in [0.25, 0.3) is 0 Å². The zero-order valence-electron chi connectivity index (χ0n) is 18.6. The van der Waals surface area contributed by atoms with E-state index in [0.29, 0.717) is 10.8 Å². The van der Waals surface area contributed by atoms with Crippen molar-refractivity contribution in [3.63, 3.8) is 0 Å². The molecular weight excluding hydrogens is 420 g/mol. The molecule has 0 spiro atoms. The number of rotatable bonds is 3. The van der Waals surface area contributed by atoms with E-state index in [2.05, 4.69) is 25.1 Å². The van der Waals surface area contributed by atoms with Crippen molar-refractivity contribution in [2.24, 2.45) is 16.7 Å². The van der Waals surface area contributed by atoms with Gasteiger partial charge in [-0.25, -0.2) is 8.42 Å². The number of aryl methyl sites for hydroxylation is 1. The second-order valence-electron chi connectivity index (χ2n) is 10.4. The van der Waals surface area contributed by atoms with Crippen LogP contribution in [0.1, 0.15) is 49.7 Å². The molecule has 0 radical (unpaired) electrons. The molecule has 0 aromatic heterocycles. The maximum absolute atomic E-state index is 14.0. The first-order valence-electron chi connectivity index (χ1n) is 11.7. The van der Waals surface area contributed by atoms with Gasteiger partial charge in [-0.1, -0.05) is 43.3 Å². The van der Waals surface area contributed by atoms with Crippen LogP contribution in [0.3, 0.4) is 0 Å². The van der Waals surface area contributed by atoms with Crippen LogP contribution >= 0.6 is 0 Å². The highest BCUT2D eigenvalue weighted by Gasteiger charge is 2.77. The quantitative estimate of drug-likeness (QED) is 0.690. The Hall–Kier alpha value is -2.11. The molecule has 1 N–H and O–H groups in total. The summed E-state index contributed by atoms with van der Waals surface area (Å²) in [5, 5.41) is 11.2. The van der Waals surface area contributed by atoms with Crippen molar-refractivity contribution in [1.82, 2.24) is 0 Å². The summed E-state index contributed by atoms with van der Waals surface area (Å²) in [5.74, 6) is 1.37. The Morgan fingerprint density at radius 1 is 1.06 bits per heavy atom. The summed E-state index contributed by atoms with van der Waals surface area (Å²) in [4.78, 5) is 0.370. The lowest BCUT2D eigenvalue weighted by Gasteiger charge is -2.57. The van der Waals surface area contributed by atoms with Crippen molar-refractivity contribution in [1.29, 1.82) is 0 Å². The SMILES string of the molecule is COc1ccc2c(c1)CC[C@H]1[C@@H]2CC[C@@]2(C)[C@]13C=C[C@]2(O)C[C@@H]3S(=O)(=O)c1ccccc1. The van der Waals surface area contributed by atoms with Gasteiger partial charge >= 0.3 is 0 Å². The number of methoxy groups -OCH3 is 1. The number of hydrogen-bond donors (Lipinski definition) is 1. The van der Waals surface area contributed by atoms with Gasteiger partial charge in [-0.15, -0.1) is 0 Å². The van der Waals surface area contributed by atoms with E-state index in [1.54, 1.807) is 31.4 Å². The van der Waals surface area contributed by atoms with Crippen molar-refractivity contribution in [2.45, 2.75) is 60.7 Å². The van der Waals surface area contributed by atoms with E-state index in [1.807, 2.05) is 18.2 Å². The number of sulfone groups is 1. The molecule has 4 aliphatic rings. The molecule has 2 fully saturated rings. The van der Waals surface area contributed by atoms with Crippen LogP contribution in [0.5, 0.6) is 5.75 Å².